The van der Waals surface area contributed by atoms with E-state index in [0.29, 0.717) is 0 Å². The summed E-state index contributed by atoms with van der Waals surface area (Å²) in [5.74, 6) is 2.34. The van der Waals surface area contributed by atoms with E-state index < -0.39 is 0 Å². The molecule has 0 spiro atoms. The van der Waals surface area contributed by atoms with Crippen molar-refractivity contribution in [3.8, 4) is 22.9 Å². The lowest BCUT2D eigenvalue weighted by molar-refractivity contribution is 0.404. The molecule has 0 saturated heterocycles. The molecule has 0 N–H and O–H groups in total. The van der Waals surface area contributed by atoms with Gasteiger partial charge in [-0.3, -0.25) is 0 Å². The van der Waals surface area contributed by atoms with E-state index in [1.807, 2.05) is 22.8 Å². The smallest absolute Gasteiger partial charge is 0.167 e. The number of hydrogen-bond donors (Lipinski definition) is 0. The highest BCUT2D eigenvalue weighted by Crippen LogP contribution is 2.32. The van der Waals surface area contributed by atoms with Gasteiger partial charge in [0.25, 0.3) is 0 Å². The minimum Gasteiger partial charge on any atom is -0.497 e. The van der Waals surface area contributed by atoms with Crippen LogP contribution in [-0.2, 0) is 6.54 Å². The molecule has 1 aromatic heterocycles. The number of rotatable bonds is 5. The van der Waals surface area contributed by atoms with Crippen LogP contribution in [-0.4, -0.2) is 29.0 Å². The summed E-state index contributed by atoms with van der Waals surface area (Å²) in [6.45, 7) is 3.00. The summed E-state index contributed by atoms with van der Waals surface area (Å²) in [4.78, 5) is 0. The second kappa shape index (κ2) is 5.53. The van der Waals surface area contributed by atoms with E-state index in [9.17, 15) is 0 Å². The first-order chi connectivity index (χ1) is 8.80. The maximum Gasteiger partial charge on any atom is 0.167 e. The molecule has 18 heavy (non-hydrogen) atoms. The zero-order valence-corrected chi connectivity index (χ0v) is 10.9. The summed E-state index contributed by atoms with van der Waals surface area (Å²) >= 11 is 0. The predicted octanol–water partition coefficient (Wildman–Crippen LogP) is 2.37. The van der Waals surface area contributed by atoms with Crippen LogP contribution in [0.3, 0.4) is 0 Å². The molecule has 0 unspecified atom stereocenters. The monoisotopic (exact) mass is 247 g/mol. The molecule has 0 amide bonds. The third kappa shape index (κ3) is 2.30. The summed E-state index contributed by atoms with van der Waals surface area (Å²) in [5, 5.41) is 8.13. The third-order valence-corrected chi connectivity index (χ3v) is 2.73. The highest BCUT2D eigenvalue weighted by molar-refractivity contribution is 5.66. The molecule has 0 bridgehead atoms. The lowest BCUT2D eigenvalue weighted by Gasteiger charge is -2.11. The molecule has 0 saturated carbocycles. The Morgan fingerprint density at radius 3 is 2.72 bits per heavy atom. The molecule has 0 aliphatic heterocycles. The van der Waals surface area contributed by atoms with Gasteiger partial charge in [0.2, 0.25) is 0 Å². The van der Waals surface area contributed by atoms with Crippen molar-refractivity contribution < 1.29 is 9.47 Å². The van der Waals surface area contributed by atoms with E-state index in [1.165, 1.54) is 0 Å². The van der Waals surface area contributed by atoms with E-state index in [4.69, 9.17) is 9.47 Å². The number of aromatic nitrogens is 3. The first-order valence-electron chi connectivity index (χ1n) is 5.90. The number of aryl methyl sites for hydroxylation is 1. The maximum atomic E-state index is 5.37. The SMILES string of the molecule is CCCn1cnnc1-c1cc(OC)ccc1OC. The summed E-state index contributed by atoms with van der Waals surface area (Å²) in [6, 6.07) is 5.65. The molecular weight excluding hydrogens is 230 g/mol. The van der Waals surface area contributed by atoms with Crippen LogP contribution < -0.4 is 9.47 Å². The fraction of sp³-hybridized carbons (Fsp3) is 0.385. The Hall–Kier alpha value is -2.04. The van der Waals surface area contributed by atoms with Gasteiger partial charge in [0, 0.05) is 6.54 Å². The average molecular weight is 247 g/mol. The van der Waals surface area contributed by atoms with Gasteiger partial charge in [-0.15, -0.1) is 10.2 Å². The Kier molecular flexibility index (Phi) is 3.82. The molecule has 0 fully saturated rings. The first kappa shape index (κ1) is 12.4. The van der Waals surface area contributed by atoms with Gasteiger partial charge in [0.05, 0.1) is 19.8 Å². The lowest BCUT2D eigenvalue weighted by atomic mass is 10.1. The van der Waals surface area contributed by atoms with E-state index in [1.54, 1.807) is 20.5 Å². The van der Waals surface area contributed by atoms with Crippen LogP contribution in [0.25, 0.3) is 11.4 Å². The Labute approximate surface area is 106 Å². The van der Waals surface area contributed by atoms with Gasteiger partial charge in [0.15, 0.2) is 5.82 Å². The molecule has 2 aromatic rings. The van der Waals surface area contributed by atoms with Gasteiger partial charge in [-0.05, 0) is 24.6 Å². The standard InChI is InChI=1S/C13H17N3O2/c1-4-7-16-9-14-15-13(16)11-8-10(17-2)5-6-12(11)18-3/h5-6,8-9H,4,7H2,1-3H3. The fourth-order valence-electron chi connectivity index (χ4n) is 1.86. The summed E-state index contributed by atoms with van der Waals surface area (Å²) in [6.07, 6.45) is 2.76. The molecular formula is C13H17N3O2. The maximum absolute atomic E-state index is 5.37. The fourth-order valence-corrected chi connectivity index (χ4v) is 1.86. The van der Waals surface area contributed by atoms with Gasteiger partial charge in [-0.25, -0.2) is 0 Å². The van der Waals surface area contributed by atoms with Crippen molar-refractivity contribution in [2.75, 3.05) is 14.2 Å². The average Bonchev–Trinajstić information content (AvgIpc) is 2.86. The highest BCUT2D eigenvalue weighted by atomic mass is 16.5. The van der Waals surface area contributed by atoms with Crippen LogP contribution in [0.1, 0.15) is 13.3 Å². The normalized spacial score (nSPS) is 10.4. The molecule has 0 aliphatic carbocycles. The van der Waals surface area contributed by atoms with Gasteiger partial charge < -0.3 is 14.0 Å². The van der Waals surface area contributed by atoms with Crippen LogP contribution in [0.4, 0.5) is 0 Å². The van der Waals surface area contributed by atoms with Crippen molar-refractivity contribution in [2.45, 2.75) is 19.9 Å². The van der Waals surface area contributed by atoms with Crippen LogP contribution in [0.15, 0.2) is 24.5 Å². The van der Waals surface area contributed by atoms with E-state index in [2.05, 4.69) is 17.1 Å². The van der Waals surface area contributed by atoms with Crippen LogP contribution in [0.2, 0.25) is 0 Å². The molecule has 5 heteroatoms. The minimum atomic E-state index is 0.765. The number of hydrogen-bond acceptors (Lipinski definition) is 4. The molecule has 5 nitrogen and oxygen atoms in total. The van der Waals surface area contributed by atoms with Gasteiger partial charge >= 0.3 is 0 Å². The molecule has 0 atom stereocenters. The third-order valence-electron chi connectivity index (χ3n) is 2.73. The van der Waals surface area contributed by atoms with Crippen molar-refractivity contribution in [3.05, 3.63) is 24.5 Å². The molecule has 96 valence electrons. The zero-order chi connectivity index (χ0) is 13.0. The van der Waals surface area contributed by atoms with E-state index >= 15 is 0 Å². The van der Waals surface area contributed by atoms with Crippen molar-refractivity contribution in [1.82, 2.24) is 14.8 Å². The Morgan fingerprint density at radius 2 is 2.06 bits per heavy atom. The van der Waals surface area contributed by atoms with Crippen molar-refractivity contribution >= 4 is 0 Å². The Bertz CT molecular complexity index is 523. The predicted molar refractivity (Wildman–Crippen MR) is 68.9 cm³/mol. The topological polar surface area (TPSA) is 49.2 Å². The second-order valence-corrected chi connectivity index (χ2v) is 3.91. The first-order valence-corrected chi connectivity index (χ1v) is 5.90. The second-order valence-electron chi connectivity index (χ2n) is 3.91. The number of nitrogens with zero attached hydrogens (tertiary/aromatic N) is 3. The number of methoxy groups -OCH3 is 2. The van der Waals surface area contributed by atoms with E-state index in [0.717, 1.165) is 35.9 Å². The minimum absolute atomic E-state index is 0.765. The lowest BCUT2D eigenvalue weighted by Crippen LogP contribution is -2.00. The summed E-state index contributed by atoms with van der Waals surface area (Å²) < 4.78 is 12.6. The van der Waals surface area contributed by atoms with E-state index in [-0.39, 0.29) is 0 Å². The van der Waals surface area contributed by atoms with Gasteiger partial charge in [-0.2, -0.15) is 0 Å². The van der Waals surface area contributed by atoms with Gasteiger partial charge in [0.1, 0.15) is 17.8 Å². The highest BCUT2D eigenvalue weighted by Gasteiger charge is 2.13. The summed E-state index contributed by atoms with van der Waals surface area (Å²) in [5.41, 5.74) is 0.891. The molecule has 0 aliphatic rings. The molecule has 1 heterocycles. The number of benzene rings is 1. The van der Waals surface area contributed by atoms with Crippen LogP contribution in [0.5, 0.6) is 11.5 Å². The molecule has 0 radical (unpaired) electrons. The zero-order valence-electron chi connectivity index (χ0n) is 10.9. The molecule has 1 aromatic carbocycles. The van der Waals surface area contributed by atoms with Crippen molar-refractivity contribution in [2.24, 2.45) is 0 Å². The van der Waals surface area contributed by atoms with Crippen molar-refractivity contribution in [3.63, 3.8) is 0 Å². The Balaban J connectivity index is 2.50. The van der Waals surface area contributed by atoms with Crippen molar-refractivity contribution in [1.29, 1.82) is 0 Å². The van der Waals surface area contributed by atoms with Crippen LogP contribution in [0, 0.1) is 0 Å². The summed E-state index contributed by atoms with van der Waals surface area (Å²) in [7, 11) is 3.29. The van der Waals surface area contributed by atoms with Gasteiger partial charge in [-0.1, -0.05) is 6.92 Å². The molecule has 2 rings (SSSR count). The Morgan fingerprint density at radius 1 is 1.22 bits per heavy atom. The quantitative estimate of drug-likeness (QED) is 0.814. The largest absolute Gasteiger partial charge is 0.497 e. The van der Waals surface area contributed by atoms with Crippen LogP contribution >= 0.6 is 0 Å². The number of ether oxygens (including phenoxy) is 2.